The molecule has 0 amide bonds. The minimum Gasteiger partial charge on any atom is -0.481 e. The molecule has 4 N–H and O–H groups in total. The van der Waals surface area contributed by atoms with Crippen LogP contribution in [0.2, 0.25) is 0 Å². The van der Waals surface area contributed by atoms with E-state index in [0.717, 1.165) is 28.1 Å². The number of carbonyl (C=O) groups is 1. The summed E-state index contributed by atoms with van der Waals surface area (Å²) in [4.78, 5) is 10.7. The van der Waals surface area contributed by atoms with Crippen LogP contribution < -0.4 is 5.73 Å². The standard InChI is InChI=1S/C14H17N3O2/c1-8-14(9(2)17-16-8)11-5-3-4-10(6-11)12(15)7-13(18)19/h3-6,12H,7,15H2,1-2H3,(H,16,17)(H,18,19). The van der Waals surface area contributed by atoms with E-state index in [9.17, 15) is 4.79 Å². The van der Waals surface area contributed by atoms with Crippen molar-refractivity contribution in [2.24, 2.45) is 5.73 Å². The lowest BCUT2D eigenvalue weighted by atomic mass is 9.97. The second-order valence-corrected chi connectivity index (χ2v) is 4.64. The second kappa shape index (κ2) is 5.24. The second-order valence-electron chi connectivity index (χ2n) is 4.64. The number of nitrogens with zero attached hydrogens (tertiary/aromatic N) is 1. The Balaban J connectivity index is 2.37. The van der Waals surface area contributed by atoms with Crippen molar-refractivity contribution in [2.45, 2.75) is 26.3 Å². The summed E-state index contributed by atoms with van der Waals surface area (Å²) >= 11 is 0. The highest BCUT2D eigenvalue weighted by Crippen LogP contribution is 2.27. The van der Waals surface area contributed by atoms with Crippen LogP contribution in [0.25, 0.3) is 11.1 Å². The molecule has 100 valence electrons. The molecule has 2 aromatic rings. The van der Waals surface area contributed by atoms with Gasteiger partial charge in [-0.15, -0.1) is 0 Å². The molecule has 1 atom stereocenters. The Morgan fingerprint density at radius 2 is 2.21 bits per heavy atom. The quantitative estimate of drug-likeness (QED) is 0.784. The summed E-state index contributed by atoms with van der Waals surface area (Å²) in [7, 11) is 0. The average molecular weight is 259 g/mol. The van der Waals surface area contributed by atoms with Crippen molar-refractivity contribution in [2.75, 3.05) is 0 Å². The maximum atomic E-state index is 10.7. The normalized spacial score (nSPS) is 12.4. The van der Waals surface area contributed by atoms with Crippen LogP contribution in [0.4, 0.5) is 0 Å². The molecule has 0 aliphatic carbocycles. The molecule has 5 heteroatoms. The molecular formula is C14H17N3O2. The van der Waals surface area contributed by atoms with Gasteiger partial charge in [0.1, 0.15) is 0 Å². The molecule has 1 aromatic heterocycles. The zero-order valence-corrected chi connectivity index (χ0v) is 11.0. The number of rotatable bonds is 4. The Kier molecular flexibility index (Phi) is 3.66. The fourth-order valence-corrected chi connectivity index (χ4v) is 2.21. The lowest BCUT2D eigenvalue weighted by Gasteiger charge is -2.11. The van der Waals surface area contributed by atoms with Crippen LogP contribution in [0.1, 0.15) is 29.4 Å². The minimum atomic E-state index is -0.895. The van der Waals surface area contributed by atoms with Gasteiger partial charge >= 0.3 is 5.97 Å². The van der Waals surface area contributed by atoms with Crippen molar-refractivity contribution < 1.29 is 9.90 Å². The SMILES string of the molecule is Cc1n[nH]c(C)c1-c1cccc(C(N)CC(=O)O)c1. The number of aromatic nitrogens is 2. The first-order chi connectivity index (χ1) is 8.99. The van der Waals surface area contributed by atoms with E-state index in [1.54, 1.807) is 0 Å². The lowest BCUT2D eigenvalue weighted by molar-refractivity contribution is -0.137. The maximum absolute atomic E-state index is 10.7. The number of hydrogen-bond acceptors (Lipinski definition) is 3. The highest BCUT2D eigenvalue weighted by molar-refractivity contribution is 5.70. The largest absolute Gasteiger partial charge is 0.481 e. The van der Waals surface area contributed by atoms with Crippen LogP contribution >= 0.6 is 0 Å². The molecule has 0 aliphatic heterocycles. The van der Waals surface area contributed by atoms with Gasteiger partial charge in [-0.2, -0.15) is 5.10 Å². The number of benzene rings is 1. The van der Waals surface area contributed by atoms with E-state index < -0.39 is 12.0 Å². The van der Waals surface area contributed by atoms with Crippen molar-refractivity contribution >= 4 is 5.97 Å². The highest BCUT2D eigenvalue weighted by Gasteiger charge is 2.13. The molecule has 5 nitrogen and oxygen atoms in total. The molecule has 0 fully saturated rings. The van der Waals surface area contributed by atoms with E-state index in [4.69, 9.17) is 10.8 Å². The van der Waals surface area contributed by atoms with E-state index in [1.807, 2.05) is 38.1 Å². The molecule has 0 spiro atoms. The van der Waals surface area contributed by atoms with Crippen molar-refractivity contribution in [3.8, 4) is 11.1 Å². The van der Waals surface area contributed by atoms with Gasteiger partial charge in [0, 0.05) is 17.3 Å². The van der Waals surface area contributed by atoms with Gasteiger partial charge in [0.2, 0.25) is 0 Å². The van der Waals surface area contributed by atoms with Gasteiger partial charge in [0.15, 0.2) is 0 Å². The molecule has 0 radical (unpaired) electrons. The van der Waals surface area contributed by atoms with Crippen molar-refractivity contribution in [3.05, 3.63) is 41.2 Å². The first-order valence-electron chi connectivity index (χ1n) is 6.08. The predicted molar refractivity (Wildman–Crippen MR) is 72.7 cm³/mol. The molecule has 0 bridgehead atoms. The van der Waals surface area contributed by atoms with Gasteiger partial charge in [-0.1, -0.05) is 18.2 Å². The minimum absolute atomic E-state index is 0.0766. The third kappa shape index (κ3) is 2.82. The van der Waals surface area contributed by atoms with Crippen LogP contribution in [-0.2, 0) is 4.79 Å². The third-order valence-electron chi connectivity index (χ3n) is 3.13. The Hall–Kier alpha value is -2.14. The van der Waals surface area contributed by atoms with Crippen molar-refractivity contribution in [3.63, 3.8) is 0 Å². The molecular weight excluding hydrogens is 242 g/mol. The summed E-state index contributed by atoms with van der Waals surface area (Å²) in [5.74, 6) is -0.895. The Labute approximate surface area is 111 Å². The Morgan fingerprint density at radius 1 is 1.47 bits per heavy atom. The monoisotopic (exact) mass is 259 g/mol. The first kappa shape index (κ1) is 13.3. The number of carboxylic acids is 1. The number of aryl methyl sites for hydroxylation is 2. The van der Waals surface area contributed by atoms with E-state index in [2.05, 4.69) is 10.2 Å². The first-order valence-corrected chi connectivity index (χ1v) is 6.08. The maximum Gasteiger partial charge on any atom is 0.305 e. The molecule has 1 unspecified atom stereocenters. The topological polar surface area (TPSA) is 92.0 Å². The summed E-state index contributed by atoms with van der Waals surface area (Å²) < 4.78 is 0. The van der Waals surface area contributed by atoms with Crippen LogP contribution in [0, 0.1) is 13.8 Å². The van der Waals surface area contributed by atoms with E-state index in [1.165, 1.54) is 0 Å². The fraction of sp³-hybridized carbons (Fsp3) is 0.286. The van der Waals surface area contributed by atoms with Crippen molar-refractivity contribution in [1.82, 2.24) is 10.2 Å². The van der Waals surface area contributed by atoms with Gasteiger partial charge in [-0.05, 0) is 31.0 Å². The predicted octanol–water partition coefficient (Wildman–Crippen LogP) is 2.17. The van der Waals surface area contributed by atoms with Crippen LogP contribution in [0.15, 0.2) is 24.3 Å². The molecule has 1 heterocycles. The number of aliphatic carboxylic acids is 1. The van der Waals surface area contributed by atoms with E-state index in [0.29, 0.717) is 0 Å². The smallest absolute Gasteiger partial charge is 0.305 e. The molecule has 0 saturated carbocycles. The Bertz CT molecular complexity index is 585. The van der Waals surface area contributed by atoms with Gasteiger partial charge < -0.3 is 10.8 Å². The van der Waals surface area contributed by atoms with Gasteiger partial charge in [-0.25, -0.2) is 0 Å². The molecule has 0 aliphatic rings. The highest BCUT2D eigenvalue weighted by atomic mass is 16.4. The summed E-state index contributed by atoms with van der Waals surface area (Å²) in [5.41, 5.74) is 10.7. The van der Waals surface area contributed by atoms with Crippen LogP contribution in [0.3, 0.4) is 0 Å². The number of carboxylic acid groups (broad SMARTS) is 1. The van der Waals surface area contributed by atoms with Gasteiger partial charge in [0.05, 0.1) is 12.1 Å². The number of hydrogen-bond donors (Lipinski definition) is 3. The lowest BCUT2D eigenvalue weighted by Crippen LogP contribution is -2.14. The Morgan fingerprint density at radius 3 is 2.79 bits per heavy atom. The zero-order chi connectivity index (χ0) is 14.0. The number of nitrogens with one attached hydrogen (secondary N) is 1. The summed E-state index contributed by atoms with van der Waals surface area (Å²) in [6, 6.07) is 7.14. The molecule has 1 aromatic carbocycles. The van der Waals surface area contributed by atoms with Gasteiger partial charge in [0.25, 0.3) is 0 Å². The summed E-state index contributed by atoms with van der Waals surface area (Å²) in [6.45, 7) is 3.89. The average Bonchev–Trinajstić information content (AvgIpc) is 2.68. The third-order valence-corrected chi connectivity index (χ3v) is 3.13. The molecule has 19 heavy (non-hydrogen) atoms. The summed E-state index contributed by atoms with van der Waals surface area (Å²) in [5, 5.41) is 15.9. The van der Waals surface area contributed by atoms with Crippen molar-refractivity contribution in [1.29, 1.82) is 0 Å². The number of aromatic amines is 1. The summed E-state index contributed by atoms with van der Waals surface area (Å²) in [6.07, 6.45) is -0.0766. The van der Waals surface area contributed by atoms with Crippen LogP contribution in [0.5, 0.6) is 0 Å². The molecule has 2 rings (SSSR count). The zero-order valence-electron chi connectivity index (χ0n) is 11.0. The number of nitrogens with two attached hydrogens (primary N) is 1. The molecule has 0 saturated heterocycles. The van der Waals surface area contributed by atoms with E-state index >= 15 is 0 Å². The van der Waals surface area contributed by atoms with Crippen LogP contribution in [-0.4, -0.2) is 21.3 Å². The van der Waals surface area contributed by atoms with Gasteiger partial charge in [-0.3, -0.25) is 9.89 Å². The fourth-order valence-electron chi connectivity index (χ4n) is 2.21. The van der Waals surface area contributed by atoms with E-state index in [-0.39, 0.29) is 6.42 Å². The number of H-pyrrole nitrogens is 1.